The van der Waals surface area contributed by atoms with Gasteiger partial charge in [-0.15, -0.1) is 0 Å². The molecule has 1 aromatic carbocycles. The van der Waals surface area contributed by atoms with Gasteiger partial charge in [0, 0.05) is 5.56 Å². The van der Waals surface area contributed by atoms with Gasteiger partial charge in [0.15, 0.2) is 0 Å². The summed E-state index contributed by atoms with van der Waals surface area (Å²) in [5, 5.41) is 25.9. The van der Waals surface area contributed by atoms with Crippen molar-refractivity contribution in [3.05, 3.63) is 29.8 Å². The summed E-state index contributed by atoms with van der Waals surface area (Å²) in [4.78, 5) is 0. The second-order valence-electron chi connectivity index (χ2n) is 2.27. The highest BCUT2D eigenvalue weighted by atomic mass is 16.6. The minimum atomic E-state index is -1.80. The Balaban J connectivity index is 2.57. The van der Waals surface area contributed by atoms with E-state index in [0.29, 0.717) is 5.56 Å². The molecule has 3 N–H and O–H groups in total. The number of hydrogen-bond acceptors (Lipinski definition) is 4. The van der Waals surface area contributed by atoms with E-state index in [1.165, 1.54) is 6.07 Å². The van der Waals surface area contributed by atoms with Crippen LogP contribution in [0.15, 0.2) is 24.3 Å². The molecular formula is C7H9BO4. The Morgan fingerprint density at radius 2 is 1.92 bits per heavy atom. The summed E-state index contributed by atoms with van der Waals surface area (Å²) in [6.45, 7) is -0.0235. The second-order valence-corrected chi connectivity index (χ2v) is 2.27. The lowest BCUT2D eigenvalue weighted by atomic mass is 10.2. The minimum absolute atomic E-state index is 0.0235. The molecule has 1 aromatic rings. The van der Waals surface area contributed by atoms with Gasteiger partial charge in [0.1, 0.15) is 5.75 Å². The van der Waals surface area contributed by atoms with Crippen molar-refractivity contribution in [2.45, 2.75) is 6.61 Å². The standard InChI is InChI=1S/C7H9BO4/c9-7-4-2-1-3-6(7)5-12-8(10)11/h1-4,9-11H,5H2. The fourth-order valence-electron chi connectivity index (χ4n) is 0.797. The van der Waals surface area contributed by atoms with E-state index in [1.807, 2.05) is 0 Å². The van der Waals surface area contributed by atoms with Gasteiger partial charge in [0.05, 0.1) is 6.61 Å². The highest BCUT2D eigenvalue weighted by molar-refractivity contribution is 6.32. The first kappa shape index (κ1) is 9.06. The van der Waals surface area contributed by atoms with Crippen molar-refractivity contribution < 1.29 is 19.8 Å². The van der Waals surface area contributed by atoms with Crippen LogP contribution in [0.2, 0.25) is 0 Å². The highest BCUT2D eigenvalue weighted by Crippen LogP contribution is 2.16. The number of rotatable bonds is 3. The summed E-state index contributed by atoms with van der Waals surface area (Å²) < 4.78 is 4.46. The Hall–Kier alpha value is -1.04. The summed E-state index contributed by atoms with van der Waals surface area (Å²) >= 11 is 0. The van der Waals surface area contributed by atoms with Crippen molar-refractivity contribution in [2.24, 2.45) is 0 Å². The predicted molar refractivity (Wildman–Crippen MR) is 43.1 cm³/mol. The van der Waals surface area contributed by atoms with Crippen LogP contribution in [0, 0.1) is 0 Å². The van der Waals surface area contributed by atoms with Gasteiger partial charge in [-0.25, -0.2) is 0 Å². The van der Waals surface area contributed by atoms with E-state index in [-0.39, 0.29) is 12.4 Å². The average molecular weight is 168 g/mol. The summed E-state index contributed by atoms with van der Waals surface area (Å²) in [6.07, 6.45) is 0. The van der Waals surface area contributed by atoms with E-state index in [9.17, 15) is 5.11 Å². The maximum absolute atomic E-state index is 9.18. The highest BCUT2D eigenvalue weighted by Gasteiger charge is 2.09. The zero-order valence-corrected chi connectivity index (χ0v) is 6.34. The molecule has 0 atom stereocenters. The minimum Gasteiger partial charge on any atom is -0.508 e. The molecule has 0 aliphatic heterocycles. The molecule has 0 radical (unpaired) electrons. The van der Waals surface area contributed by atoms with Gasteiger partial charge in [-0.1, -0.05) is 18.2 Å². The van der Waals surface area contributed by atoms with Crippen molar-refractivity contribution in [1.29, 1.82) is 0 Å². The molecule has 4 nitrogen and oxygen atoms in total. The smallest absolute Gasteiger partial charge is 0.508 e. The first-order valence-corrected chi connectivity index (χ1v) is 3.45. The summed E-state index contributed by atoms with van der Waals surface area (Å²) in [5.41, 5.74) is 0.519. The van der Waals surface area contributed by atoms with Gasteiger partial charge in [-0.05, 0) is 6.07 Å². The summed E-state index contributed by atoms with van der Waals surface area (Å²) in [7, 11) is -1.80. The largest absolute Gasteiger partial charge is 0.634 e. The third kappa shape index (κ3) is 2.54. The predicted octanol–water partition coefficient (Wildman–Crippen LogP) is -0.122. The fraction of sp³-hybridized carbons (Fsp3) is 0.143. The maximum Gasteiger partial charge on any atom is 0.634 e. The Morgan fingerprint density at radius 1 is 1.25 bits per heavy atom. The number of phenols is 1. The third-order valence-electron chi connectivity index (χ3n) is 1.38. The van der Waals surface area contributed by atoms with Crippen molar-refractivity contribution in [3.63, 3.8) is 0 Å². The van der Waals surface area contributed by atoms with Crippen molar-refractivity contribution in [1.82, 2.24) is 0 Å². The normalized spacial score (nSPS) is 9.83. The number of hydrogen-bond donors (Lipinski definition) is 3. The van der Waals surface area contributed by atoms with Gasteiger partial charge in [-0.3, -0.25) is 0 Å². The van der Waals surface area contributed by atoms with Gasteiger partial charge in [0.2, 0.25) is 0 Å². The topological polar surface area (TPSA) is 69.9 Å². The Kier molecular flexibility index (Phi) is 3.10. The van der Waals surface area contributed by atoms with Crippen molar-refractivity contribution in [3.8, 4) is 5.75 Å². The molecule has 12 heavy (non-hydrogen) atoms. The Bertz CT molecular complexity index is 251. The Labute approximate surface area is 70.2 Å². The molecule has 64 valence electrons. The second kappa shape index (κ2) is 4.11. The van der Waals surface area contributed by atoms with E-state index in [4.69, 9.17) is 10.0 Å². The van der Waals surface area contributed by atoms with Crippen LogP contribution in [0.3, 0.4) is 0 Å². The quantitative estimate of drug-likeness (QED) is 0.550. The molecule has 5 heteroatoms. The number of phenolic OH excluding ortho intramolecular Hbond substituents is 1. The molecule has 0 aliphatic rings. The van der Waals surface area contributed by atoms with E-state index >= 15 is 0 Å². The molecule has 0 spiro atoms. The van der Waals surface area contributed by atoms with Gasteiger partial charge in [0.25, 0.3) is 0 Å². The Morgan fingerprint density at radius 3 is 2.50 bits per heavy atom. The molecule has 1 rings (SSSR count). The van der Waals surface area contributed by atoms with Crippen LogP contribution in [-0.4, -0.2) is 22.5 Å². The van der Waals surface area contributed by atoms with Crippen molar-refractivity contribution >= 4 is 7.32 Å². The van der Waals surface area contributed by atoms with Crippen LogP contribution < -0.4 is 0 Å². The van der Waals surface area contributed by atoms with E-state index in [0.717, 1.165) is 0 Å². The zero-order valence-electron chi connectivity index (χ0n) is 6.34. The van der Waals surface area contributed by atoms with Crippen molar-refractivity contribution in [2.75, 3.05) is 0 Å². The SMILES string of the molecule is OB(O)OCc1ccccc1O. The molecule has 0 heterocycles. The van der Waals surface area contributed by atoms with Crippen LogP contribution >= 0.6 is 0 Å². The molecule has 0 saturated carbocycles. The summed E-state index contributed by atoms with van der Waals surface area (Å²) in [6, 6.07) is 6.54. The fourth-order valence-corrected chi connectivity index (χ4v) is 0.797. The monoisotopic (exact) mass is 168 g/mol. The first-order valence-electron chi connectivity index (χ1n) is 3.45. The van der Waals surface area contributed by atoms with E-state index in [2.05, 4.69) is 4.65 Å². The van der Waals surface area contributed by atoms with Crippen LogP contribution in [-0.2, 0) is 11.3 Å². The number of para-hydroxylation sites is 1. The van der Waals surface area contributed by atoms with Gasteiger partial charge < -0.3 is 19.8 Å². The van der Waals surface area contributed by atoms with E-state index < -0.39 is 7.32 Å². The first-order chi connectivity index (χ1) is 5.70. The van der Waals surface area contributed by atoms with Crippen LogP contribution in [0.1, 0.15) is 5.56 Å². The maximum atomic E-state index is 9.18. The lowest BCUT2D eigenvalue weighted by molar-refractivity contribution is 0.175. The molecular weight excluding hydrogens is 159 g/mol. The van der Waals surface area contributed by atoms with Crippen LogP contribution in [0.5, 0.6) is 5.75 Å². The third-order valence-corrected chi connectivity index (χ3v) is 1.38. The van der Waals surface area contributed by atoms with Gasteiger partial charge >= 0.3 is 7.32 Å². The molecule has 0 saturated heterocycles. The molecule has 0 fully saturated rings. The zero-order chi connectivity index (χ0) is 8.97. The van der Waals surface area contributed by atoms with E-state index in [1.54, 1.807) is 18.2 Å². The molecule has 0 unspecified atom stereocenters. The average Bonchev–Trinajstić information content (AvgIpc) is 2.03. The molecule has 0 bridgehead atoms. The lowest BCUT2D eigenvalue weighted by Gasteiger charge is -2.04. The van der Waals surface area contributed by atoms with Gasteiger partial charge in [-0.2, -0.15) is 0 Å². The van der Waals surface area contributed by atoms with Crippen LogP contribution in [0.25, 0.3) is 0 Å². The molecule has 0 aliphatic carbocycles. The molecule has 0 aromatic heterocycles. The number of aromatic hydroxyl groups is 1. The molecule has 0 amide bonds. The number of benzene rings is 1. The summed E-state index contributed by atoms with van der Waals surface area (Å²) in [5.74, 6) is 0.0816. The lowest BCUT2D eigenvalue weighted by Crippen LogP contribution is -2.16. The van der Waals surface area contributed by atoms with Crippen LogP contribution in [0.4, 0.5) is 0 Å².